The topological polar surface area (TPSA) is 42.0 Å². The van der Waals surface area contributed by atoms with Crippen molar-refractivity contribution in [1.29, 1.82) is 0 Å². The van der Waals surface area contributed by atoms with Crippen LogP contribution < -0.4 is 5.32 Å². The summed E-state index contributed by atoms with van der Waals surface area (Å²) in [6.45, 7) is 0.653. The summed E-state index contributed by atoms with van der Waals surface area (Å²) in [6.07, 6.45) is 7.30. The van der Waals surface area contributed by atoms with Crippen LogP contribution in [0.25, 0.3) is 0 Å². The highest BCUT2D eigenvalue weighted by Crippen LogP contribution is 2.23. The molecule has 1 saturated carbocycles. The highest BCUT2D eigenvalue weighted by Gasteiger charge is 2.17. The van der Waals surface area contributed by atoms with Crippen molar-refractivity contribution in [1.82, 2.24) is 10.3 Å². The van der Waals surface area contributed by atoms with Crippen molar-refractivity contribution in [3.05, 3.63) is 29.8 Å². The lowest BCUT2D eigenvalue weighted by Gasteiger charge is -2.10. The Morgan fingerprint density at radius 2 is 2.25 bits per heavy atom. The lowest BCUT2D eigenvalue weighted by Crippen LogP contribution is -2.29. The Hall–Kier alpha value is -1.45. The minimum absolute atomic E-state index is 0.0768. The van der Waals surface area contributed by atoms with Crippen LogP contribution in [0.2, 0.25) is 0 Å². The van der Waals surface area contributed by atoms with Crippen molar-refractivity contribution in [2.24, 2.45) is 5.92 Å². The summed E-state index contributed by atoms with van der Waals surface area (Å²) in [5, 5.41) is 2.78. The van der Waals surface area contributed by atoms with E-state index < -0.39 is 5.82 Å². The number of nitrogens with one attached hydrogen (secondary N) is 1. The van der Waals surface area contributed by atoms with Crippen LogP contribution >= 0.6 is 0 Å². The molecule has 0 aromatic carbocycles. The number of nitrogens with zero attached hydrogens (tertiary/aromatic N) is 1. The summed E-state index contributed by atoms with van der Waals surface area (Å²) in [7, 11) is 0. The molecule has 3 nitrogen and oxygen atoms in total. The number of carbonyl (C=O) groups is 1. The van der Waals surface area contributed by atoms with Crippen molar-refractivity contribution in [2.45, 2.75) is 25.7 Å². The maximum atomic E-state index is 13.2. The standard InChI is InChI=1S/C12H15FN2O/c13-11-8-14-6-5-10(11)12(16)15-7-9-3-1-2-4-9/h5-6,8-9H,1-4,7H2,(H,15,16). The minimum Gasteiger partial charge on any atom is -0.352 e. The van der Waals surface area contributed by atoms with Gasteiger partial charge in [0.2, 0.25) is 0 Å². The van der Waals surface area contributed by atoms with Crippen LogP contribution in [0.1, 0.15) is 36.0 Å². The van der Waals surface area contributed by atoms with Crippen LogP contribution in [-0.2, 0) is 0 Å². The maximum absolute atomic E-state index is 13.2. The van der Waals surface area contributed by atoms with Gasteiger partial charge < -0.3 is 5.32 Å². The Labute approximate surface area is 94.1 Å². The van der Waals surface area contributed by atoms with E-state index in [9.17, 15) is 9.18 Å². The van der Waals surface area contributed by atoms with Crippen LogP contribution in [0.4, 0.5) is 4.39 Å². The van der Waals surface area contributed by atoms with E-state index in [1.54, 1.807) is 0 Å². The van der Waals surface area contributed by atoms with E-state index >= 15 is 0 Å². The van der Waals surface area contributed by atoms with E-state index in [-0.39, 0.29) is 11.5 Å². The van der Waals surface area contributed by atoms with Gasteiger partial charge in [0.15, 0.2) is 5.82 Å². The van der Waals surface area contributed by atoms with E-state index in [0.717, 1.165) is 6.20 Å². The molecule has 1 aromatic rings. The molecule has 0 atom stereocenters. The Morgan fingerprint density at radius 3 is 2.94 bits per heavy atom. The summed E-state index contributed by atoms with van der Waals surface area (Å²) in [4.78, 5) is 15.3. The van der Waals surface area contributed by atoms with Crippen molar-refractivity contribution < 1.29 is 9.18 Å². The molecule has 4 heteroatoms. The molecule has 0 radical (unpaired) electrons. The van der Waals surface area contributed by atoms with E-state index in [4.69, 9.17) is 0 Å². The summed E-state index contributed by atoms with van der Waals surface area (Å²) in [6, 6.07) is 1.40. The lowest BCUT2D eigenvalue weighted by atomic mass is 10.1. The van der Waals surface area contributed by atoms with Gasteiger partial charge in [-0.1, -0.05) is 12.8 Å². The number of pyridine rings is 1. The zero-order valence-corrected chi connectivity index (χ0v) is 9.08. The summed E-state index contributed by atoms with van der Waals surface area (Å²) >= 11 is 0. The molecule has 0 bridgehead atoms. The summed E-state index contributed by atoms with van der Waals surface area (Å²) in [5.41, 5.74) is 0.0768. The van der Waals surface area contributed by atoms with Gasteiger partial charge in [-0.3, -0.25) is 9.78 Å². The van der Waals surface area contributed by atoms with Gasteiger partial charge in [-0.25, -0.2) is 4.39 Å². The second kappa shape index (κ2) is 5.05. The predicted molar refractivity (Wildman–Crippen MR) is 58.5 cm³/mol. The van der Waals surface area contributed by atoms with Gasteiger partial charge in [0.05, 0.1) is 11.8 Å². The third-order valence-corrected chi connectivity index (χ3v) is 3.04. The number of carbonyl (C=O) groups excluding carboxylic acids is 1. The Morgan fingerprint density at radius 1 is 1.50 bits per heavy atom. The zero-order chi connectivity index (χ0) is 11.4. The van der Waals surface area contributed by atoms with Crippen molar-refractivity contribution in [3.8, 4) is 0 Å². The van der Waals surface area contributed by atoms with Gasteiger partial charge in [-0.15, -0.1) is 0 Å². The normalized spacial score (nSPS) is 16.3. The van der Waals surface area contributed by atoms with Gasteiger partial charge >= 0.3 is 0 Å². The van der Waals surface area contributed by atoms with Crippen LogP contribution in [0, 0.1) is 11.7 Å². The molecular formula is C12H15FN2O. The van der Waals surface area contributed by atoms with Crippen molar-refractivity contribution in [3.63, 3.8) is 0 Å². The third kappa shape index (κ3) is 2.56. The first kappa shape index (κ1) is 11.0. The summed E-state index contributed by atoms with van der Waals surface area (Å²) < 4.78 is 13.2. The zero-order valence-electron chi connectivity index (χ0n) is 9.08. The molecule has 0 spiro atoms. The number of aromatic nitrogens is 1. The smallest absolute Gasteiger partial charge is 0.254 e. The van der Waals surface area contributed by atoms with Crippen LogP contribution in [0.3, 0.4) is 0 Å². The molecule has 16 heavy (non-hydrogen) atoms. The number of amides is 1. The number of halogens is 1. The molecule has 1 fully saturated rings. The molecule has 0 aliphatic heterocycles. The minimum atomic E-state index is -0.563. The van der Waals surface area contributed by atoms with Crippen LogP contribution in [-0.4, -0.2) is 17.4 Å². The Balaban J connectivity index is 1.90. The van der Waals surface area contributed by atoms with E-state index in [2.05, 4.69) is 10.3 Å². The van der Waals surface area contributed by atoms with E-state index in [1.165, 1.54) is 37.9 Å². The summed E-state index contributed by atoms with van der Waals surface area (Å²) in [5.74, 6) is -0.341. The average molecular weight is 222 g/mol. The van der Waals surface area contributed by atoms with Gasteiger partial charge in [0, 0.05) is 12.7 Å². The van der Waals surface area contributed by atoms with Gasteiger partial charge in [-0.2, -0.15) is 0 Å². The molecular weight excluding hydrogens is 207 g/mol. The number of hydrogen-bond acceptors (Lipinski definition) is 2. The first-order chi connectivity index (χ1) is 7.77. The van der Waals surface area contributed by atoms with Crippen LogP contribution in [0.5, 0.6) is 0 Å². The Bertz CT molecular complexity index is 375. The molecule has 1 heterocycles. The fourth-order valence-corrected chi connectivity index (χ4v) is 2.11. The Kier molecular flexibility index (Phi) is 3.49. The molecule has 1 aliphatic carbocycles. The molecule has 1 N–H and O–H groups in total. The number of rotatable bonds is 3. The molecule has 1 aromatic heterocycles. The number of hydrogen-bond donors (Lipinski definition) is 1. The largest absolute Gasteiger partial charge is 0.352 e. The predicted octanol–water partition coefficient (Wildman–Crippen LogP) is 2.14. The molecule has 0 unspecified atom stereocenters. The van der Waals surface area contributed by atoms with Gasteiger partial charge in [0.1, 0.15) is 0 Å². The molecule has 2 rings (SSSR count). The second-order valence-electron chi connectivity index (χ2n) is 4.22. The monoisotopic (exact) mass is 222 g/mol. The maximum Gasteiger partial charge on any atom is 0.254 e. The molecule has 0 saturated heterocycles. The molecule has 1 aliphatic rings. The quantitative estimate of drug-likeness (QED) is 0.851. The van der Waals surface area contributed by atoms with E-state index in [0.29, 0.717) is 12.5 Å². The average Bonchev–Trinajstić information content (AvgIpc) is 2.79. The molecule has 1 amide bonds. The van der Waals surface area contributed by atoms with Crippen molar-refractivity contribution >= 4 is 5.91 Å². The van der Waals surface area contributed by atoms with Gasteiger partial charge in [0.25, 0.3) is 5.91 Å². The highest BCUT2D eigenvalue weighted by atomic mass is 19.1. The third-order valence-electron chi connectivity index (χ3n) is 3.04. The first-order valence-electron chi connectivity index (χ1n) is 5.65. The second-order valence-corrected chi connectivity index (χ2v) is 4.22. The van der Waals surface area contributed by atoms with Crippen molar-refractivity contribution in [2.75, 3.05) is 6.54 Å². The fraction of sp³-hybridized carbons (Fsp3) is 0.500. The SMILES string of the molecule is O=C(NCC1CCCC1)c1ccncc1F. The van der Waals surface area contributed by atoms with E-state index in [1.807, 2.05) is 0 Å². The van der Waals surface area contributed by atoms with Crippen LogP contribution in [0.15, 0.2) is 18.5 Å². The highest BCUT2D eigenvalue weighted by molar-refractivity contribution is 5.94. The lowest BCUT2D eigenvalue weighted by molar-refractivity contribution is 0.0943. The molecule has 86 valence electrons. The first-order valence-corrected chi connectivity index (χ1v) is 5.65. The van der Waals surface area contributed by atoms with Gasteiger partial charge in [-0.05, 0) is 24.8 Å². The fourth-order valence-electron chi connectivity index (χ4n) is 2.11.